The second-order valence-electron chi connectivity index (χ2n) is 4.02. The molecule has 0 saturated carbocycles. The molecule has 0 spiro atoms. The van der Waals surface area contributed by atoms with Crippen LogP contribution in [0.2, 0.25) is 0 Å². The highest BCUT2D eigenvalue weighted by molar-refractivity contribution is 5.81. The third kappa shape index (κ3) is 2.90. The van der Waals surface area contributed by atoms with Gasteiger partial charge in [0.25, 0.3) is 5.88 Å². The van der Waals surface area contributed by atoms with E-state index in [1.165, 1.54) is 21.0 Å². The van der Waals surface area contributed by atoms with Crippen LogP contribution in [0, 0.1) is 11.8 Å². The Hall–Kier alpha value is -2.38. The van der Waals surface area contributed by atoms with Gasteiger partial charge in [-0.05, 0) is 0 Å². The van der Waals surface area contributed by atoms with Crippen molar-refractivity contribution in [1.29, 1.82) is 0 Å². The van der Waals surface area contributed by atoms with E-state index in [-0.39, 0.29) is 0 Å². The van der Waals surface area contributed by atoms with Gasteiger partial charge in [0.2, 0.25) is 5.88 Å². The fraction of sp³-hybridized carbons (Fsp3) is 0.455. The van der Waals surface area contributed by atoms with Crippen molar-refractivity contribution in [3.63, 3.8) is 0 Å². The molecule has 0 radical (unpaired) electrons. The number of carbonyl (C=O) groups is 2. The molecule has 0 aliphatic rings. The molecule has 1 rings (SSSR count). The van der Waals surface area contributed by atoms with Gasteiger partial charge in [0.05, 0.1) is 18.9 Å². The average Bonchev–Trinajstić information content (AvgIpc) is 2.62. The second kappa shape index (κ2) is 5.51. The Bertz CT molecular complexity index is 493. The molecule has 0 saturated heterocycles. The molecular formula is C11H15NO7. The van der Waals surface area contributed by atoms with Gasteiger partial charge in [-0.15, -0.1) is 4.73 Å². The summed E-state index contributed by atoms with van der Waals surface area (Å²) in [6.45, 7) is 2.91. The monoisotopic (exact) mass is 273 g/mol. The third-order valence-electron chi connectivity index (χ3n) is 2.77. The summed E-state index contributed by atoms with van der Waals surface area (Å²) < 4.78 is 4.85. The van der Waals surface area contributed by atoms with E-state index in [4.69, 9.17) is 5.11 Å². The van der Waals surface area contributed by atoms with E-state index in [9.17, 15) is 19.8 Å². The predicted octanol–water partition coefficient (Wildman–Crippen LogP) is 0.00530. The van der Waals surface area contributed by atoms with Crippen LogP contribution in [0.1, 0.15) is 13.8 Å². The fourth-order valence-corrected chi connectivity index (χ4v) is 1.32. The molecule has 8 nitrogen and oxygen atoms in total. The summed E-state index contributed by atoms with van der Waals surface area (Å²) in [6.07, 6.45) is 0. The molecule has 106 valence electrons. The number of carbonyl (C=O) groups excluding carboxylic acids is 2. The lowest BCUT2D eigenvalue weighted by Crippen LogP contribution is -2.32. The van der Waals surface area contributed by atoms with Crippen LogP contribution in [0.3, 0.4) is 0 Å². The maximum atomic E-state index is 11.7. The van der Waals surface area contributed by atoms with Crippen LogP contribution in [0.4, 0.5) is 0 Å². The lowest BCUT2D eigenvalue weighted by molar-refractivity contribution is -0.158. The summed E-state index contributed by atoms with van der Waals surface area (Å²) in [4.78, 5) is 27.7. The minimum Gasteiger partial charge on any atom is -0.503 e. The van der Waals surface area contributed by atoms with E-state index >= 15 is 0 Å². The summed E-state index contributed by atoms with van der Waals surface area (Å²) in [5.41, 5.74) is 0. The molecule has 2 unspecified atom stereocenters. The molecule has 2 atom stereocenters. The second-order valence-corrected chi connectivity index (χ2v) is 4.02. The Morgan fingerprint density at radius 1 is 1.16 bits per heavy atom. The van der Waals surface area contributed by atoms with Crippen LogP contribution < -0.4 is 4.84 Å². The van der Waals surface area contributed by atoms with Crippen molar-refractivity contribution in [3.05, 3.63) is 6.07 Å². The minimum atomic E-state index is -0.876. The smallest absolute Gasteiger partial charge is 0.336 e. The Morgan fingerprint density at radius 2 is 1.68 bits per heavy atom. The van der Waals surface area contributed by atoms with Gasteiger partial charge in [-0.3, -0.25) is 4.79 Å². The summed E-state index contributed by atoms with van der Waals surface area (Å²) in [7, 11) is 1.19. The van der Waals surface area contributed by atoms with E-state index in [1.54, 1.807) is 0 Å². The molecule has 1 aromatic rings. The van der Waals surface area contributed by atoms with E-state index < -0.39 is 41.3 Å². The number of esters is 1. The number of aromatic nitrogens is 1. The van der Waals surface area contributed by atoms with Crippen molar-refractivity contribution in [2.75, 3.05) is 7.11 Å². The highest BCUT2D eigenvalue weighted by Crippen LogP contribution is 2.32. The van der Waals surface area contributed by atoms with Gasteiger partial charge < -0.3 is 24.9 Å². The molecular weight excluding hydrogens is 258 g/mol. The third-order valence-corrected chi connectivity index (χ3v) is 2.77. The largest absolute Gasteiger partial charge is 0.503 e. The number of rotatable bonds is 4. The summed E-state index contributed by atoms with van der Waals surface area (Å²) in [5, 5.41) is 27.7. The lowest BCUT2D eigenvalue weighted by Gasteiger charge is -2.16. The zero-order valence-electron chi connectivity index (χ0n) is 10.7. The van der Waals surface area contributed by atoms with Crippen LogP contribution in [0.25, 0.3) is 0 Å². The van der Waals surface area contributed by atoms with Crippen molar-refractivity contribution in [1.82, 2.24) is 4.73 Å². The first-order valence-electron chi connectivity index (χ1n) is 5.42. The lowest BCUT2D eigenvalue weighted by atomic mass is 9.96. The van der Waals surface area contributed by atoms with Crippen LogP contribution in [-0.4, -0.2) is 39.1 Å². The highest BCUT2D eigenvalue weighted by atomic mass is 16.7. The van der Waals surface area contributed by atoms with Crippen LogP contribution in [-0.2, 0) is 14.3 Å². The van der Waals surface area contributed by atoms with Crippen LogP contribution in [0.15, 0.2) is 6.07 Å². The average molecular weight is 273 g/mol. The van der Waals surface area contributed by atoms with E-state index in [0.717, 1.165) is 6.07 Å². The maximum Gasteiger partial charge on any atom is 0.336 e. The van der Waals surface area contributed by atoms with Gasteiger partial charge >= 0.3 is 11.9 Å². The first-order valence-corrected chi connectivity index (χ1v) is 5.42. The topological polar surface area (TPSA) is 118 Å². The number of aromatic hydroxyl groups is 3. The van der Waals surface area contributed by atoms with Crippen LogP contribution in [0.5, 0.6) is 17.5 Å². The molecule has 0 aliphatic heterocycles. The van der Waals surface area contributed by atoms with Crippen molar-refractivity contribution < 1.29 is 34.5 Å². The Balaban J connectivity index is 2.82. The predicted molar refractivity (Wildman–Crippen MR) is 61.4 cm³/mol. The van der Waals surface area contributed by atoms with Crippen molar-refractivity contribution in [2.24, 2.45) is 11.8 Å². The normalized spacial score (nSPS) is 13.6. The SMILES string of the molecule is COC(=O)C(C)C(C)C(=O)On1c(O)cc(O)c1O. The van der Waals surface area contributed by atoms with E-state index in [1.807, 2.05) is 0 Å². The highest BCUT2D eigenvalue weighted by Gasteiger charge is 2.30. The van der Waals surface area contributed by atoms with Crippen molar-refractivity contribution >= 4 is 11.9 Å². The van der Waals surface area contributed by atoms with Gasteiger partial charge in [0.1, 0.15) is 0 Å². The molecule has 1 heterocycles. The maximum absolute atomic E-state index is 11.7. The van der Waals surface area contributed by atoms with Gasteiger partial charge in [-0.2, -0.15) is 0 Å². The first-order chi connectivity index (χ1) is 8.79. The molecule has 0 fully saturated rings. The van der Waals surface area contributed by atoms with Gasteiger partial charge in [-0.25, -0.2) is 4.79 Å². The summed E-state index contributed by atoms with van der Waals surface area (Å²) >= 11 is 0. The molecule has 0 amide bonds. The molecule has 3 N–H and O–H groups in total. The summed E-state index contributed by atoms with van der Waals surface area (Å²) in [6, 6.07) is 0.803. The number of hydrogen-bond donors (Lipinski definition) is 3. The van der Waals surface area contributed by atoms with Crippen molar-refractivity contribution in [3.8, 4) is 17.5 Å². The molecule has 8 heteroatoms. The van der Waals surface area contributed by atoms with Crippen LogP contribution >= 0.6 is 0 Å². The molecule has 0 aromatic carbocycles. The van der Waals surface area contributed by atoms with Gasteiger partial charge in [-0.1, -0.05) is 13.8 Å². The van der Waals surface area contributed by atoms with Crippen molar-refractivity contribution in [2.45, 2.75) is 13.8 Å². The fourth-order valence-electron chi connectivity index (χ4n) is 1.32. The minimum absolute atomic E-state index is 0.359. The Morgan fingerprint density at radius 3 is 2.11 bits per heavy atom. The molecule has 19 heavy (non-hydrogen) atoms. The number of nitrogens with zero attached hydrogens (tertiary/aromatic N) is 1. The number of methoxy groups -OCH3 is 1. The zero-order valence-corrected chi connectivity index (χ0v) is 10.7. The molecule has 1 aromatic heterocycles. The van der Waals surface area contributed by atoms with E-state index in [0.29, 0.717) is 4.73 Å². The van der Waals surface area contributed by atoms with E-state index in [2.05, 4.69) is 9.57 Å². The first kappa shape index (κ1) is 14.7. The summed E-state index contributed by atoms with van der Waals surface area (Å²) in [5.74, 6) is -5.20. The number of hydrogen-bond acceptors (Lipinski definition) is 7. The molecule has 0 bridgehead atoms. The standard InChI is InChI=1S/C11H15NO7/c1-5(10(16)18-3)6(2)11(17)19-12-8(14)4-7(13)9(12)15/h4-6,13-15H,1-3H3. The Labute approximate surface area is 108 Å². The molecule has 0 aliphatic carbocycles. The van der Waals surface area contributed by atoms with Gasteiger partial charge in [0, 0.05) is 6.07 Å². The number of ether oxygens (including phenoxy) is 1. The van der Waals surface area contributed by atoms with Gasteiger partial charge in [0.15, 0.2) is 5.75 Å². The Kier molecular flexibility index (Phi) is 4.26. The quantitative estimate of drug-likeness (QED) is 0.661. The zero-order chi connectivity index (χ0) is 14.7.